The Morgan fingerprint density at radius 1 is 1.37 bits per heavy atom. The second-order valence-corrected chi connectivity index (χ2v) is 6.47. The summed E-state index contributed by atoms with van der Waals surface area (Å²) in [6.45, 7) is 3.09. The fourth-order valence-corrected chi connectivity index (χ4v) is 2.81. The lowest BCUT2D eigenvalue weighted by molar-refractivity contribution is -0.128. The molecule has 1 aliphatic heterocycles. The van der Waals surface area contributed by atoms with Crippen molar-refractivity contribution in [3.8, 4) is 0 Å². The molecular weight excluding hydrogens is 260 g/mol. The van der Waals surface area contributed by atoms with Gasteiger partial charge in [-0.15, -0.1) is 0 Å². The zero-order valence-corrected chi connectivity index (χ0v) is 12.2. The average molecular weight is 280 g/mol. The van der Waals surface area contributed by atoms with Crippen LogP contribution in [0.2, 0.25) is 0 Å². The molecule has 2 unspecified atom stereocenters. The van der Waals surface area contributed by atoms with Crippen LogP contribution in [0.15, 0.2) is 24.3 Å². The number of benzene rings is 1. The summed E-state index contributed by atoms with van der Waals surface area (Å²) in [5.41, 5.74) is 2.31. The predicted molar refractivity (Wildman–Crippen MR) is 77.2 cm³/mol. The predicted octanol–water partition coefficient (Wildman–Crippen LogP) is 1.19. The molecule has 1 fully saturated rings. The van der Waals surface area contributed by atoms with Crippen LogP contribution in [0.5, 0.6) is 0 Å². The zero-order valence-electron chi connectivity index (χ0n) is 11.4. The molecule has 0 bridgehead atoms. The van der Waals surface area contributed by atoms with E-state index in [2.05, 4.69) is 29.6 Å². The van der Waals surface area contributed by atoms with Gasteiger partial charge >= 0.3 is 0 Å². The van der Waals surface area contributed by atoms with Gasteiger partial charge in [-0.1, -0.05) is 29.8 Å². The summed E-state index contributed by atoms with van der Waals surface area (Å²) < 4.78 is 11.1. The Morgan fingerprint density at radius 2 is 2.05 bits per heavy atom. The van der Waals surface area contributed by atoms with Gasteiger partial charge in [0.2, 0.25) is 5.91 Å². The van der Waals surface area contributed by atoms with Gasteiger partial charge in [-0.25, -0.2) is 0 Å². The summed E-state index contributed by atoms with van der Waals surface area (Å²) in [6.07, 6.45) is 2.43. The smallest absolute Gasteiger partial charge is 0.238 e. The molecule has 19 heavy (non-hydrogen) atoms. The molecule has 0 saturated carbocycles. The Bertz CT molecular complexity index is 473. The normalized spacial score (nSPS) is 20.8. The van der Waals surface area contributed by atoms with Gasteiger partial charge in [-0.3, -0.25) is 14.3 Å². The highest BCUT2D eigenvalue weighted by Gasteiger charge is 2.30. The van der Waals surface area contributed by atoms with Crippen LogP contribution >= 0.6 is 0 Å². The minimum atomic E-state index is -0.794. The first kappa shape index (κ1) is 14.2. The van der Waals surface area contributed by atoms with Gasteiger partial charge < -0.3 is 4.90 Å². The lowest BCUT2D eigenvalue weighted by atomic mass is 10.1. The molecular formula is C14H20N2O2S. The standard InChI is InChI=1S/C14H20N2O2S/c1-11-4-6-12(7-5-11)14-15-10-13(17)16(14)8-3-9-19(2)18/h4-7,14-15H,3,8-10H2,1-2H3. The number of aryl methyl sites for hydroxylation is 1. The fraction of sp³-hybridized carbons (Fsp3) is 0.500. The van der Waals surface area contributed by atoms with Gasteiger partial charge in [-0.05, 0) is 18.9 Å². The number of carbonyl (C=O) groups is 1. The van der Waals surface area contributed by atoms with Crippen molar-refractivity contribution in [2.24, 2.45) is 0 Å². The van der Waals surface area contributed by atoms with E-state index in [-0.39, 0.29) is 12.1 Å². The summed E-state index contributed by atoms with van der Waals surface area (Å²) in [7, 11) is -0.794. The molecule has 1 heterocycles. The average Bonchev–Trinajstić information content (AvgIpc) is 2.72. The topological polar surface area (TPSA) is 49.4 Å². The Labute approximate surface area is 116 Å². The van der Waals surface area contributed by atoms with Gasteiger partial charge in [-0.2, -0.15) is 0 Å². The van der Waals surface area contributed by atoms with Gasteiger partial charge in [0, 0.05) is 29.4 Å². The Hall–Kier alpha value is -1.20. The second kappa shape index (κ2) is 6.30. The van der Waals surface area contributed by atoms with E-state index in [4.69, 9.17) is 0 Å². The van der Waals surface area contributed by atoms with Crippen LogP contribution in [-0.2, 0) is 15.6 Å². The monoisotopic (exact) mass is 280 g/mol. The van der Waals surface area contributed by atoms with Crippen molar-refractivity contribution >= 4 is 16.7 Å². The molecule has 1 saturated heterocycles. The van der Waals surface area contributed by atoms with E-state index in [9.17, 15) is 9.00 Å². The van der Waals surface area contributed by atoms with E-state index >= 15 is 0 Å². The van der Waals surface area contributed by atoms with Crippen molar-refractivity contribution in [3.63, 3.8) is 0 Å². The maximum Gasteiger partial charge on any atom is 0.238 e. The number of nitrogens with one attached hydrogen (secondary N) is 1. The summed E-state index contributed by atoms with van der Waals surface area (Å²) in [4.78, 5) is 13.7. The highest BCUT2D eigenvalue weighted by molar-refractivity contribution is 7.84. The van der Waals surface area contributed by atoms with Gasteiger partial charge in [0.1, 0.15) is 6.17 Å². The minimum Gasteiger partial charge on any atom is -0.322 e. The van der Waals surface area contributed by atoms with Crippen LogP contribution in [0, 0.1) is 6.92 Å². The number of nitrogens with zero attached hydrogens (tertiary/aromatic N) is 1. The molecule has 0 radical (unpaired) electrons. The fourth-order valence-electron chi connectivity index (χ4n) is 2.28. The highest BCUT2D eigenvalue weighted by Crippen LogP contribution is 2.22. The molecule has 1 N–H and O–H groups in total. The van der Waals surface area contributed by atoms with Crippen molar-refractivity contribution in [2.75, 3.05) is 25.1 Å². The number of amides is 1. The minimum absolute atomic E-state index is 0.0432. The molecule has 0 spiro atoms. The number of carbonyl (C=O) groups excluding carboxylic acids is 1. The van der Waals surface area contributed by atoms with Crippen molar-refractivity contribution in [1.82, 2.24) is 10.2 Å². The lowest BCUT2D eigenvalue weighted by Gasteiger charge is -2.24. The van der Waals surface area contributed by atoms with E-state index in [1.807, 2.05) is 11.8 Å². The van der Waals surface area contributed by atoms with E-state index < -0.39 is 10.8 Å². The van der Waals surface area contributed by atoms with Crippen molar-refractivity contribution < 1.29 is 9.00 Å². The van der Waals surface area contributed by atoms with E-state index in [1.165, 1.54) is 5.56 Å². The first-order valence-electron chi connectivity index (χ1n) is 6.47. The van der Waals surface area contributed by atoms with Crippen LogP contribution in [-0.4, -0.2) is 40.1 Å². The van der Waals surface area contributed by atoms with E-state index in [0.717, 1.165) is 12.0 Å². The lowest BCUT2D eigenvalue weighted by Crippen LogP contribution is -2.31. The first-order chi connectivity index (χ1) is 9.08. The molecule has 1 aliphatic rings. The Balaban J connectivity index is 2.04. The largest absolute Gasteiger partial charge is 0.322 e. The van der Waals surface area contributed by atoms with Crippen molar-refractivity contribution in [2.45, 2.75) is 19.5 Å². The third-order valence-electron chi connectivity index (χ3n) is 3.30. The Morgan fingerprint density at radius 3 is 2.68 bits per heavy atom. The summed E-state index contributed by atoms with van der Waals surface area (Å²) in [6, 6.07) is 8.21. The molecule has 5 heteroatoms. The van der Waals surface area contributed by atoms with Gasteiger partial charge in [0.05, 0.1) is 6.54 Å². The van der Waals surface area contributed by atoms with E-state index in [0.29, 0.717) is 18.8 Å². The molecule has 1 aromatic rings. The number of rotatable bonds is 5. The molecule has 104 valence electrons. The molecule has 0 aliphatic carbocycles. The maximum absolute atomic E-state index is 11.9. The van der Waals surface area contributed by atoms with Crippen LogP contribution < -0.4 is 5.32 Å². The number of hydrogen-bond donors (Lipinski definition) is 1. The van der Waals surface area contributed by atoms with Crippen molar-refractivity contribution in [3.05, 3.63) is 35.4 Å². The summed E-state index contributed by atoms with van der Waals surface area (Å²) >= 11 is 0. The molecule has 1 amide bonds. The molecule has 1 aromatic carbocycles. The van der Waals surface area contributed by atoms with Crippen LogP contribution in [0.25, 0.3) is 0 Å². The van der Waals surface area contributed by atoms with E-state index in [1.54, 1.807) is 6.26 Å². The molecule has 4 nitrogen and oxygen atoms in total. The SMILES string of the molecule is Cc1ccc(C2NCC(=O)N2CCCS(C)=O)cc1. The maximum atomic E-state index is 11.9. The molecule has 2 atom stereocenters. The zero-order chi connectivity index (χ0) is 13.8. The third kappa shape index (κ3) is 3.64. The van der Waals surface area contributed by atoms with Gasteiger partial charge in [0.15, 0.2) is 0 Å². The summed E-state index contributed by atoms with van der Waals surface area (Å²) in [5.74, 6) is 0.761. The molecule has 0 aromatic heterocycles. The van der Waals surface area contributed by atoms with Crippen LogP contribution in [0.4, 0.5) is 0 Å². The van der Waals surface area contributed by atoms with Crippen LogP contribution in [0.1, 0.15) is 23.7 Å². The van der Waals surface area contributed by atoms with Gasteiger partial charge in [0.25, 0.3) is 0 Å². The molecule has 2 rings (SSSR count). The summed E-state index contributed by atoms with van der Waals surface area (Å²) in [5, 5.41) is 3.23. The van der Waals surface area contributed by atoms with Crippen LogP contribution in [0.3, 0.4) is 0 Å². The third-order valence-corrected chi connectivity index (χ3v) is 4.17. The second-order valence-electron chi connectivity index (χ2n) is 4.91. The quantitative estimate of drug-likeness (QED) is 0.881. The Kier molecular flexibility index (Phi) is 4.71. The first-order valence-corrected chi connectivity index (χ1v) is 8.20. The highest BCUT2D eigenvalue weighted by atomic mass is 32.2. The van der Waals surface area contributed by atoms with Crippen molar-refractivity contribution in [1.29, 1.82) is 0 Å². The number of hydrogen-bond acceptors (Lipinski definition) is 3.